The first kappa shape index (κ1) is 25.2. The average Bonchev–Trinajstić information content (AvgIpc) is 3.82. The van der Waals surface area contributed by atoms with Crippen LogP contribution in [0.1, 0.15) is 24.0 Å². The molecule has 0 bridgehead atoms. The number of fused-ring (bicyclic) bond motifs is 1. The predicted molar refractivity (Wildman–Crippen MR) is 156 cm³/mol. The molecule has 1 N–H and O–H groups in total. The largest absolute Gasteiger partial charge is 0.369 e. The molecule has 5 aromatic rings. The van der Waals surface area contributed by atoms with Crippen LogP contribution in [0.4, 0.5) is 5.82 Å². The van der Waals surface area contributed by atoms with Crippen LogP contribution in [0, 0.1) is 0 Å². The van der Waals surface area contributed by atoms with Crippen molar-refractivity contribution in [2.75, 3.05) is 11.9 Å². The number of rotatable bonds is 10. The van der Waals surface area contributed by atoms with Crippen molar-refractivity contribution < 1.29 is 8.42 Å². The Kier molecular flexibility index (Phi) is 7.09. The van der Waals surface area contributed by atoms with Gasteiger partial charge in [0.25, 0.3) is 0 Å². The minimum absolute atomic E-state index is 0.0567. The fourth-order valence-corrected chi connectivity index (χ4v) is 6.57. The van der Waals surface area contributed by atoms with Crippen molar-refractivity contribution in [2.24, 2.45) is 0 Å². The summed E-state index contributed by atoms with van der Waals surface area (Å²) in [6.45, 7) is 1.11. The standard InChI is InChI=1S/C32H30N4O2S/c37-39(38,29-12-5-2-6-13-29)36(28-15-16-28)22-25-10-7-11-26(20-25)27-14-17-31-30(21-27)32(35-23-34-31)33-19-18-24-8-3-1-4-9-24/h1-14,17,20-21,23,28H,15-16,18-19,22H2,(H,33,34,35). The van der Waals surface area contributed by atoms with Gasteiger partial charge >= 0.3 is 0 Å². The molecule has 0 atom stereocenters. The lowest BCUT2D eigenvalue weighted by Crippen LogP contribution is -2.32. The molecule has 0 amide bonds. The van der Waals surface area contributed by atoms with E-state index in [-0.39, 0.29) is 6.04 Å². The van der Waals surface area contributed by atoms with E-state index in [1.165, 1.54) is 5.56 Å². The average molecular weight is 535 g/mol. The molecular weight excluding hydrogens is 504 g/mol. The zero-order chi connectivity index (χ0) is 26.7. The van der Waals surface area contributed by atoms with E-state index >= 15 is 0 Å². The molecule has 0 spiro atoms. The van der Waals surface area contributed by atoms with Crippen molar-refractivity contribution in [2.45, 2.75) is 36.7 Å². The lowest BCUT2D eigenvalue weighted by atomic mass is 10.0. The van der Waals surface area contributed by atoms with Crippen molar-refractivity contribution in [3.63, 3.8) is 0 Å². The molecule has 0 unspecified atom stereocenters. The fourth-order valence-electron chi connectivity index (χ4n) is 4.88. The molecule has 39 heavy (non-hydrogen) atoms. The SMILES string of the molecule is O=S(=O)(c1ccccc1)N(Cc1cccc(-c2ccc3ncnc(NCCc4ccccc4)c3c2)c1)C1CC1. The maximum atomic E-state index is 13.4. The Bertz CT molecular complexity index is 1690. The van der Waals surface area contributed by atoms with Gasteiger partial charge in [0, 0.05) is 24.5 Å². The Balaban J connectivity index is 1.25. The summed E-state index contributed by atoms with van der Waals surface area (Å²) in [5.41, 5.74) is 5.18. The van der Waals surface area contributed by atoms with E-state index in [2.05, 4.69) is 63.8 Å². The van der Waals surface area contributed by atoms with Crippen LogP contribution in [0.15, 0.2) is 114 Å². The van der Waals surface area contributed by atoms with Gasteiger partial charge in [-0.3, -0.25) is 0 Å². The molecule has 0 radical (unpaired) electrons. The van der Waals surface area contributed by atoms with E-state index in [0.717, 1.165) is 59.2 Å². The molecule has 1 saturated carbocycles. The van der Waals surface area contributed by atoms with Gasteiger partial charge in [-0.1, -0.05) is 72.8 Å². The third-order valence-corrected chi connectivity index (χ3v) is 9.00. The van der Waals surface area contributed by atoms with Crippen LogP contribution in [-0.2, 0) is 23.0 Å². The highest BCUT2D eigenvalue weighted by Gasteiger charge is 2.38. The molecule has 6 rings (SSSR count). The molecular formula is C32H30N4O2S. The number of benzene rings is 4. The molecule has 0 aliphatic heterocycles. The van der Waals surface area contributed by atoms with Crippen molar-refractivity contribution in [1.82, 2.24) is 14.3 Å². The monoisotopic (exact) mass is 534 g/mol. The van der Waals surface area contributed by atoms with Crippen LogP contribution in [-0.4, -0.2) is 35.3 Å². The Morgan fingerprint density at radius 2 is 1.49 bits per heavy atom. The fraction of sp³-hybridized carbons (Fsp3) is 0.188. The van der Waals surface area contributed by atoms with Crippen LogP contribution >= 0.6 is 0 Å². The van der Waals surface area contributed by atoms with E-state index in [9.17, 15) is 8.42 Å². The van der Waals surface area contributed by atoms with Gasteiger partial charge in [0.1, 0.15) is 12.1 Å². The first-order chi connectivity index (χ1) is 19.1. The summed E-state index contributed by atoms with van der Waals surface area (Å²) in [6.07, 6.45) is 4.29. The number of nitrogens with one attached hydrogen (secondary N) is 1. The van der Waals surface area contributed by atoms with E-state index in [1.54, 1.807) is 34.9 Å². The summed E-state index contributed by atoms with van der Waals surface area (Å²) in [7, 11) is -3.57. The Morgan fingerprint density at radius 3 is 2.26 bits per heavy atom. The van der Waals surface area contributed by atoms with Crippen LogP contribution < -0.4 is 5.32 Å². The topological polar surface area (TPSA) is 75.2 Å². The maximum absolute atomic E-state index is 13.4. The van der Waals surface area contributed by atoms with Crippen LogP contribution in [0.25, 0.3) is 22.0 Å². The third kappa shape index (κ3) is 5.70. The second-order valence-corrected chi connectivity index (χ2v) is 11.8. The van der Waals surface area contributed by atoms with Crippen LogP contribution in [0.3, 0.4) is 0 Å². The predicted octanol–water partition coefficient (Wildman–Crippen LogP) is 6.30. The van der Waals surface area contributed by atoms with Gasteiger partial charge in [0.15, 0.2) is 0 Å². The van der Waals surface area contributed by atoms with Crippen molar-refractivity contribution in [3.05, 3.63) is 121 Å². The number of hydrogen-bond donors (Lipinski definition) is 1. The zero-order valence-corrected chi connectivity index (χ0v) is 22.4. The molecule has 6 nitrogen and oxygen atoms in total. The number of anilines is 1. The normalized spacial score (nSPS) is 13.6. The van der Waals surface area contributed by atoms with Crippen LogP contribution in [0.5, 0.6) is 0 Å². The first-order valence-corrected chi connectivity index (χ1v) is 14.7. The third-order valence-electron chi connectivity index (χ3n) is 7.09. The van der Waals surface area contributed by atoms with Gasteiger partial charge in [-0.2, -0.15) is 4.31 Å². The molecule has 196 valence electrons. The summed E-state index contributed by atoms with van der Waals surface area (Å²) in [6, 6.07) is 33.5. The van der Waals surface area contributed by atoms with Gasteiger partial charge in [0.05, 0.1) is 10.4 Å². The first-order valence-electron chi connectivity index (χ1n) is 13.3. The molecule has 7 heteroatoms. The quantitative estimate of drug-likeness (QED) is 0.227. The van der Waals surface area contributed by atoms with Gasteiger partial charge < -0.3 is 5.32 Å². The molecule has 1 heterocycles. The summed E-state index contributed by atoms with van der Waals surface area (Å²) in [5.74, 6) is 0.808. The van der Waals surface area contributed by atoms with Crippen molar-refractivity contribution in [3.8, 4) is 11.1 Å². The zero-order valence-electron chi connectivity index (χ0n) is 21.6. The van der Waals surface area contributed by atoms with Gasteiger partial charge in [-0.05, 0) is 71.8 Å². The highest BCUT2D eigenvalue weighted by molar-refractivity contribution is 7.89. The van der Waals surface area contributed by atoms with Gasteiger partial charge in [-0.25, -0.2) is 18.4 Å². The Hall–Kier alpha value is -4.07. The maximum Gasteiger partial charge on any atom is 0.243 e. The number of sulfonamides is 1. The summed E-state index contributed by atoms with van der Waals surface area (Å²) < 4.78 is 28.5. The number of aromatic nitrogens is 2. The Morgan fingerprint density at radius 1 is 0.769 bits per heavy atom. The lowest BCUT2D eigenvalue weighted by molar-refractivity contribution is 0.398. The van der Waals surface area contributed by atoms with E-state index in [1.807, 2.05) is 30.3 Å². The summed E-state index contributed by atoms with van der Waals surface area (Å²) >= 11 is 0. The molecule has 1 aliphatic carbocycles. The molecule has 1 aliphatic rings. The van der Waals surface area contributed by atoms with E-state index < -0.39 is 10.0 Å². The van der Waals surface area contributed by atoms with Crippen LogP contribution in [0.2, 0.25) is 0 Å². The minimum Gasteiger partial charge on any atom is -0.369 e. The number of nitrogens with zero attached hydrogens (tertiary/aromatic N) is 3. The van der Waals surface area contributed by atoms with Gasteiger partial charge in [-0.15, -0.1) is 0 Å². The highest BCUT2D eigenvalue weighted by Crippen LogP contribution is 2.34. The second kappa shape index (κ2) is 11.0. The lowest BCUT2D eigenvalue weighted by Gasteiger charge is -2.22. The molecule has 1 aromatic heterocycles. The summed E-state index contributed by atoms with van der Waals surface area (Å²) in [5, 5.41) is 4.44. The van der Waals surface area contributed by atoms with Crippen molar-refractivity contribution in [1.29, 1.82) is 0 Å². The van der Waals surface area contributed by atoms with E-state index in [4.69, 9.17) is 0 Å². The smallest absolute Gasteiger partial charge is 0.243 e. The number of hydrogen-bond acceptors (Lipinski definition) is 5. The second-order valence-electron chi connectivity index (χ2n) is 9.91. The highest BCUT2D eigenvalue weighted by atomic mass is 32.2. The molecule has 1 fully saturated rings. The molecule has 0 saturated heterocycles. The summed E-state index contributed by atoms with van der Waals surface area (Å²) in [4.78, 5) is 9.32. The van der Waals surface area contributed by atoms with Gasteiger partial charge in [0.2, 0.25) is 10.0 Å². The molecule has 4 aromatic carbocycles. The minimum atomic E-state index is -3.57. The Labute approximate surface area is 229 Å². The van der Waals surface area contributed by atoms with E-state index in [0.29, 0.717) is 11.4 Å². The van der Waals surface area contributed by atoms with Crippen molar-refractivity contribution >= 4 is 26.7 Å².